The zero-order valence-corrected chi connectivity index (χ0v) is 14.9. The number of anilines is 2. The Hall–Kier alpha value is -2.56. The number of halogens is 2. The van der Waals surface area contributed by atoms with Crippen molar-refractivity contribution in [1.29, 1.82) is 0 Å². The van der Waals surface area contributed by atoms with Crippen LogP contribution in [0.2, 0.25) is 0 Å². The highest BCUT2D eigenvalue weighted by Crippen LogP contribution is 2.28. The largest absolute Gasteiger partial charge is 0.395 e. The molecule has 0 fully saturated rings. The zero-order valence-electron chi connectivity index (χ0n) is 14.1. The fraction of sp³-hybridized carbons (Fsp3) is 0.235. The predicted octanol–water partition coefficient (Wildman–Crippen LogP) is 1.31. The molecular weight excluding hydrogens is 380 g/mol. The minimum atomic E-state index is -3.83. The zero-order chi connectivity index (χ0) is 19.6. The molecule has 1 heterocycles. The summed E-state index contributed by atoms with van der Waals surface area (Å²) < 4.78 is 53.6. The van der Waals surface area contributed by atoms with E-state index in [1.807, 2.05) is 0 Å². The average Bonchev–Trinajstić information content (AvgIpc) is 2.75. The molecule has 0 unspecified atom stereocenters. The lowest BCUT2D eigenvalue weighted by atomic mass is 10.1. The number of sulfonamides is 1. The molecule has 0 atom stereocenters. The van der Waals surface area contributed by atoms with E-state index in [0.29, 0.717) is 12.2 Å². The third-order valence-electron chi connectivity index (χ3n) is 4.07. The Morgan fingerprint density at radius 3 is 2.67 bits per heavy atom. The van der Waals surface area contributed by atoms with Crippen molar-refractivity contribution in [3.05, 3.63) is 53.6 Å². The standard InChI is InChI=1S/C17H17F2N3O4S/c18-13-3-2-12(10-14(13)19)21-17(24)11-1-4-15-16(9-11)27(25,26)20-5-6-22(15)7-8-23/h1-4,9-10,20,23H,5-8H2,(H,21,24). The van der Waals surface area contributed by atoms with Crippen LogP contribution < -0.4 is 14.9 Å². The fourth-order valence-electron chi connectivity index (χ4n) is 2.78. The Bertz CT molecular complexity index is 982. The summed E-state index contributed by atoms with van der Waals surface area (Å²) in [6.45, 7) is 0.614. The van der Waals surface area contributed by atoms with Crippen LogP contribution >= 0.6 is 0 Å². The predicted molar refractivity (Wildman–Crippen MR) is 95.2 cm³/mol. The number of nitrogens with zero attached hydrogens (tertiary/aromatic N) is 1. The van der Waals surface area contributed by atoms with Crippen LogP contribution in [0.15, 0.2) is 41.3 Å². The van der Waals surface area contributed by atoms with Gasteiger partial charge in [-0.1, -0.05) is 0 Å². The van der Waals surface area contributed by atoms with Gasteiger partial charge in [-0.3, -0.25) is 4.79 Å². The smallest absolute Gasteiger partial charge is 0.255 e. The summed E-state index contributed by atoms with van der Waals surface area (Å²) in [6, 6.07) is 7.03. The molecule has 144 valence electrons. The van der Waals surface area contributed by atoms with Gasteiger partial charge < -0.3 is 15.3 Å². The maximum Gasteiger partial charge on any atom is 0.255 e. The van der Waals surface area contributed by atoms with E-state index in [1.54, 1.807) is 4.90 Å². The van der Waals surface area contributed by atoms with E-state index in [4.69, 9.17) is 0 Å². The van der Waals surface area contributed by atoms with Crippen LogP contribution in [-0.4, -0.2) is 45.7 Å². The first kappa shape index (κ1) is 19.2. The molecule has 7 nitrogen and oxygen atoms in total. The number of fused-ring (bicyclic) bond motifs is 1. The van der Waals surface area contributed by atoms with E-state index in [9.17, 15) is 27.1 Å². The van der Waals surface area contributed by atoms with Crippen LogP contribution in [-0.2, 0) is 10.0 Å². The number of benzene rings is 2. The molecule has 1 aliphatic heterocycles. The number of carbonyl (C=O) groups is 1. The lowest BCUT2D eigenvalue weighted by Gasteiger charge is -2.23. The number of β-amino-alcohol motifs (C(OH)–C–C–N with tert-alkyl or cyclic N) is 1. The third-order valence-corrected chi connectivity index (χ3v) is 5.56. The van der Waals surface area contributed by atoms with Crippen molar-refractivity contribution < 1.29 is 27.1 Å². The molecule has 3 rings (SSSR count). The van der Waals surface area contributed by atoms with Crippen molar-refractivity contribution in [1.82, 2.24) is 4.72 Å². The highest BCUT2D eigenvalue weighted by molar-refractivity contribution is 7.89. The van der Waals surface area contributed by atoms with Crippen molar-refractivity contribution in [2.24, 2.45) is 0 Å². The SMILES string of the molecule is O=C(Nc1ccc(F)c(F)c1)c1ccc2c(c1)S(=O)(=O)NCCN2CCO. The summed E-state index contributed by atoms with van der Waals surface area (Å²) in [5.74, 6) is -2.82. The van der Waals surface area contributed by atoms with Crippen molar-refractivity contribution in [3.8, 4) is 0 Å². The van der Waals surface area contributed by atoms with E-state index in [1.165, 1.54) is 24.3 Å². The molecule has 2 aromatic carbocycles. The van der Waals surface area contributed by atoms with Gasteiger partial charge >= 0.3 is 0 Å². The lowest BCUT2D eigenvalue weighted by molar-refractivity contribution is 0.102. The molecule has 10 heteroatoms. The Morgan fingerprint density at radius 1 is 1.19 bits per heavy atom. The molecule has 3 N–H and O–H groups in total. The Balaban J connectivity index is 1.94. The summed E-state index contributed by atoms with van der Waals surface area (Å²) >= 11 is 0. The molecule has 0 saturated carbocycles. The second-order valence-corrected chi connectivity index (χ2v) is 7.61. The van der Waals surface area contributed by atoms with Crippen LogP contribution in [0.1, 0.15) is 10.4 Å². The van der Waals surface area contributed by atoms with Gasteiger partial charge in [0.05, 0.1) is 12.3 Å². The highest BCUT2D eigenvalue weighted by atomic mass is 32.2. The Kier molecular flexibility index (Phi) is 5.40. The molecular formula is C17H17F2N3O4S. The second kappa shape index (κ2) is 7.59. The van der Waals surface area contributed by atoms with Crippen molar-refractivity contribution in [2.45, 2.75) is 4.90 Å². The molecule has 1 amide bonds. The van der Waals surface area contributed by atoms with Gasteiger partial charge in [0, 0.05) is 37.0 Å². The van der Waals surface area contributed by atoms with Crippen molar-refractivity contribution in [3.63, 3.8) is 0 Å². The molecule has 0 radical (unpaired) electrons. The third kappa shape index (κ3) is 4.07. The van der Waals surface area contributed by atoms with Crippen molar-refractivity contribution in [2.75, 3.05) is 36.5 Å². The van der Waals surface area contributed by atoms with Gasteiger partial charge in [0.25, 0.3) is 5.91 Å². The fourth-order valence-corrected chi connectivity index (χ4v) is 4.05. The molecule has 0 aromatic heterocycles. The molecule has 27 heavy (non-hydrogen) atoms. The van der Waals surface area contributed by atoms with Gasteiger partial charge in [0.1, 0.15) is 4.90 Å². The molecule has 0 bridgehead atoms. The maximum absolute atomic E-state index is 13.3. The topological polar surface area (TPSA) is 98.7 Å². The van der Waals surface area contributed by atoms with Gasteiger partial charge in [-0.15, -0.1) is 0 Å². The molecule has 0 aliphatic carbocycles. The Labute approximate surface area is 154 Å². The molecule has 1 aliphatic rings. The van der Waals surface area contributed by atoms with Gasteiger partial charge in [-0.05, 0) is 30.3 Å². The van der Waals surface area contributed by atoms with Crippen LogP contribution in [0, 0.1) is 11.6 Å². The number of nitrogens with one attached hydrogen (secondary N) is 2. The van der Waals surface area contributed by atoms with Gasteiger partial charge in [-0.2, -0.15) is 0 Å². The summed E-state index contributed by atoms with van der Waals surface area (Å²) in [5, 5.41) is 11.6. The van der Waals surface area contributed by atoms with Gasteiger partial charge in [0.15, 0.2) is 11.6 Å². The van der Waals surface area contributed by atoms with E-state index in [2.05, 4.69) is 10.0 Å². The summed E-state index contributed by atoms with van der Waals surface area (Å²) in [4.78, 5) is 14.0. The lowest BCUT2D eigenvalue weighted by Crippen LogP contribution is -2.32. The summed E-state index contributed by atoms with van der Waals surface area (Å²) in [7, 11) is -3.83. The Morgan fingerprint density at radius 2 is 1.96 bits per heavy atom. The van der Waals surface area contributed by atoms with E-state index in [0.717, 1.165) is 12.1 Å². The number of amides is 1. The first-order chi connectivity index (χ1) is 12.8. The van der Waals surface area contributed by atoms with Gasteiger partial charge in [0.2, 0.25) is 10.0 Å². The summed E-state index contributed by atoms with van der Waals surface area (Å²) in [5.41, 5.74) is 0.449. The molecule has 2 aromatic rings. The first-order valence-electron chi connectivity index (χ1n) is 8.08. The number of rotatable bonds is 4. The second-order valence-electron chi connectivity index (χ2n) is 5.87. The monoisotopic (exact) mass is 397 g/mol. The highest BCUT2D eigenvalue weighted by Gasteiger charge is 2.26. The molecule has 0 spiro atoms. The quantitative estimate of drug-likeness (QED) is 0.723. The summed E-state index contributed by atoms with van der Waals surface area (Å²) in [6.07, 6.45) is 0. The number of aliphatic hydroxyl groups excluding tert-OH is 1. The maximum atomic E-state index is 13.3. The van der Waals surface area contributed by atoms with Crippen molar-refractivity contribution >= 4 is 27.3 Å². The van der Waals surface area contributed by atoms with Crippen LogP contribution in [0.5, 0.6) is 0 Å². The first-order valence-corrected chi connectivity index (χ1v) is 9.56. The van der Waals surface area contributed by atoms with Crippen LogP contribution in [0.3, 0.4) is 0 Å². The van der Waals surface area contributed by atoms with E-state index in [-0.39, 0.29) is 35.8 Å². The minimum Gasteiger partial charge on any atom is -0.395 e. The number of hydrogen-bond acceptors (Lipinski definition) is 5. The number of aliphatic hydroxyl groups is 1. The van der Waals surface area contributed by atoms with Gasteiger partial charge in [-0.25, -0.2) is 21.9 Å². The van der Waals surface area contributed by atoms with Crippen LogP contribution in [0.25, 0.3) is 0 Å². The minimum absolute atomic E-state index is 0.0368. The number of carbonyl (C=O) groups excluding carboxylic acids is 1. The van der Waals surface area contributed by atoms with E-state index < -0.39 is 27.6 Å². The van der Waals surface area contributed by atoms with E-state index >= 15 is 0 Å². The van der Waals surface area contributed by atoms with Crippen LogP contribution in [0.4, 0.5) is 20.2 Å². The normalized spacial score (nSPS) is 15.7. The number of hydrogen-bond donors (Lipinski definition) is 3. The average molecular weight is 397 g/mol. The molecule has 0 saturated heterocycles.